The SMILES string of the molecule is CCc1cc(Cc2cncc(C(=O)O)c2)ccc1Cn1ccccc1=O. The minimum absolute atomic E-state index is 0.0183. The van der Waals surface area contributed by atoms with Gasteiger partial charge in [0.25, 0.3) is 5.56 Å². The Labute approximate surface area is 151 Å². The number of nitrogens with zero attached hydrogens (tertiary/aromatic N) is 2. The Hall–Kier alpha value is -3.21. The van der Waals surface area contributed by atoms with Crippen LogP contribution in [0.1, 0.15) is 39.5 Å². The summed E-state index contributed by atoms with van der Waals surface area (Å²) < 4.78 is 1.69. The molecular weight excluding hydrogens is 328 g/mol. The van der Waals surface area contributed by atoms with Crippen LogP contribution in [0.25, 0.3) is 0 Å². The Balaban J connectivity index is 1.85. The summed E-state index contributed by atoms with van der Waals surface area (Å²) in [4.78, 5) is 27.0. The molecule has 132 valence electrons. The van der Waals surface area contributed by atoms with Crippen molar-refractivity contribution >= 4 is 5.97 Å². The van der Waals surface area contributed by atoms with Gasteiger partial charge in [-0.3, -0.25) is 9.78 Å². The van der Waals surface area contributed by atoms with Crippen LogP contribution in [0.4, 0.5) is 0 Å². The van der Waals surface area contributed by atoms with Gasteiger partial charge in [0.2, 0.25) is 0 Å². The molecule has 5 nitrogen and oxygen atoms in total. The van der Waals surface area contributed by atoms with E-state index < -0.39 is 5.97 Å². The highest BCUT2D eigenvalue weighted by molar-refractivity contribution is 5.87. The van der Waals surface area contributed by atoms with Gasteiger partial charge in [0.1, 0.15) is 0 Å². The van der Waals surface area contributed by atoms with E-state index in [0.29, 0.717) is 13.0 Å². The van der Waals surface area contributed by atoms with Gasteiger partial charge in [-0.15, -0.1) is 0 Å². The molecule has 0 atom stereocenters. The van der Waals surface area contributed by atoms with Crippen molar-refractivity contribution in [3.05, 3.63) is 99.2 Å². The van der Waals surface area contributed by atoms with Crippen molar-refractivity contribution in [2.75, 3.05) is 0 Å². The monoisotopic (exact) mass is 348 g/mol. The molecule has 2 aromatic heterocycles. The van der Waals surface area contributed by atoms with Gasteiger partial charge < -0.3 is 9.67 Å². The third kappa shape index (κ3) is 4.06. The zero-order valence-electron chi connectivity index (χ0n) is 14.6. The topological polar surface area (TPSA) is 72.2 Å². The molecule has 3 aromatic rings. The second-order valence-electron chi connectivity index (χ2n) is 6.19. The first kappa shape index (κ1) is 17.6. The molecule has 0 fully saturated rings. The lowest BCUT2D eigenvalue weighted by Gasteiger charge is -2.12. The third-order valence-corrected chi connectivity index (χ3v) is 4.34. The van der Waals surface area contributed by atoms with Crippen LogP contribution in [-0.4, -0.2) is 20.6 Å². The van der Waals surface area contributed by atoms with Crippen molar-refractivity contribution in [3.63, 3.8) is 0 Å². The maximum absolute atomic E-state index is 11.9. The van der Waals surface area contributed by atoms with E-state index in [0.717, 1.165) is 23.1 Å². The maximum atomic E-state index is 11.9. The minimum Gasteiger partial charge on any atom is -0.478 e. The Kier molecular flexibility index (Phi) is 5.27. The lowest BCUT2D eigenvalue weighted by Crippen LogP contribution is -2.19. The number of aryl methyl sites for hydroxylation is 1. The van der Waals surface area contributed by atoms with Crippen LogP contribution in [0.2, 0.25) is 0 Å². The van der Waals surface area contributed by atoms with Crippen LogP contribution in [0.3, 0.4) is 0 Å². The molecule has 0 unspecified atom stereocenters. The van der Waals surface area contributed by atoms with Gasteiger partial charge in [0, 0.05) is 24.7 Å². The van der Waals surface area contributed by atoms with E-state index in [9.17, 15) is 9.59 Å². The Morgan fingerprint density at radius 1 is 1.08 bits per heavy atom. The summed E-state index contributed by atoms with van der Waals surface area (Å²) >= 11 is 0. The summed E-state index contributed by atoms with van der Waals surface area (Å²) in [6.45, 7) is 2.63. The molecule has 0 saturated carbocycles. The van der Waals surface area contributed by atoms with Crippen molar-refractivity contribution < 1.29 is 9.90 Å². The van der Waals surface area contributed by atoms with Crippen molar-refractivity contribution in [1.29, 1.82) is 0 Å². The van der Waals surface area contributed by atoms with E-state index in [1.807, 2.05) is 18.2 Å². The molecule has 26 heavy (non-hydrogen) atoms. The first-order chi connectivity index (χ1) is 12.6. The van der Waals surface area contributed by atoms with Gasteiger partial charge in [-0.1, -0.05) is 31.2 Å². The highest BCUT2D eigenvalue weighted by Crippen LogP contribution is 2.17. The number of aromatic nitrogens is 2. The van der Waals surface area contributed by atoms with Crippen LogP contribution in [0.15, 0.2) is 65.8 Å². The molecule has 0 bridgehead atoms. The summed E-state index contributed by atoms with van der Waals surface area (Å²) in [5.74, 6) is -0.975. The minimum atomic E-state index is -0.975. The smallest absolute Gasteiger partial charge is 0.337 e. The molecular formula is C21H20N2O3. The average molecular weight is 348 g/mol. The number of benzene rings is 1. The van der Waals surface area contributed by atoms with E-state index in [-0.39, 0.29) is 11.1 Å². The van der Waals surface area contributed by atoms with Crippen molar-refractivity contribution in [3.8, 4) is 0 Å². The van der Waals surface area contributed by atoms with Crippen molar-refractivity contribution in [2.24, 2.45) is 0 Å². The highest BCUT2D eigenvalue weighted by Gasteiger charge is 2.08. The summed E-state index contributed by atoms with van der Waals surface area (Å²) in [6, 6.07) is 13.0. The van der Waals surface area contributed by atoms with Gasteiger partial charge in [-0.25, -0.2) is 4.79 Å². The molecule has 0 spiro atoms. The van der Waals surface area contributed by atoms with Gasteiger partial charge in [0.15, 0.2) is 0 Å². The molecule has 1 N–H and O–H groups in total. The molecule has 0 aliphatic rings. The number of carbonyl (C=O) groups is 1. The molecule has 0 amide bonds. The fourth-order valence-corrected chi connectivity index (χ4v) is 2.98. The summed E-state index contributed by atoms with van der Waals surface area (Å²) in [5.41, 5.74) is 4.42. The maximum Gasteiger partial charge on any atom is 0.337 e. The van der Waals surface area contributed by atoms with Crippen molar-refractivity contribution in [2.45, 2.75) is 26.3 Å². The van der Waals surface area contributed by atoms with Crippen LogP contribution in [0.5, 0.6) is 0 Å². The van der Waals surface area contributed by atoms with E-state index in [2.05, 4.69) is 18.0 Å². The number of carboxylic acid groups (broad SMARTS) is 1. The van der Waals surface area contributed by atoms with Gasteiger partial charge in [0.05, 0.1) is 12.1 Å². The number of hydrogen-bond donors (Lipinski definition) is 1. The highest BCUT2D eigenvalue weighted by atomic mass is 16.4. The summed E-state index contributed by atoms with van der Waals surface area (Å²) in [6.07, 6.45) is 6.31. The van der Waals surface area contributed by atoms with E-state index >= 15 is 0 Å². The number of aromatic carboxylic acids is 1. The Bertz CT molecular complexity index is 992. The van der Waals surface area contributed by atoms with Gasteiger partial charge >= 0.3 is 5.97 Å². The second-order valence-corrected chi connectivity index (χ2v) is 6.19. The second kappa shape index (κ2) is 7.78. The molecule has 0 aliphatic heterocycles. The first-order valence-corrected chi connectivity index (χ1v) is 8.50. The number of carboxylic acids is 1. The molecule has 1 aromatic carbocycles. The summed E-state index contributed by atoms with van der Waals surface area (Å²) in [7, 11) is 0. The first-order valence-electron chi connectivity index (χ1n) is 8.50. The Morgan fingerprint density at radius 2 is 1.92 bits per heavy atom. The van der Waals surface area contributed by atoms with Crippen LogP contribution in [-0.2, 0) is 19.4 Å². The van der Waals surface area contributed by atoms with Crippen molar-refractivity contribution in [1.82, 2.24) is 9.55 Å². The normalized spacial score (nSPS) is 10.7. The predicted octanol–water partition coefficient (Wildman–Crippen LogP) is 3.14. The fraction of sp³-hybridized carbons (Fsp3) is 0.190. The molecule has 0 aliphatic carbocycles. The molecule has 5 heteroatoms. The quantitative estimate of drug-likeness (QED) is 0.743. The largest absolute Gasteiger partial charge is 0.478 e. The lowest BCUT2D eigenvalue weighted by atomic mass is 9.98. The molecule has 3 rings (SSSR count). The van der Waals surface area contributed by atoms with Crippen LogP contribution >= 0.6 is 0 Å². The molecule has 2 heterocycles. The number of hydrogen-bond acceptors (Lipinski definition) is 3. The van der Waals surface area contributed by atoms with E-state index in [1.165, 1.54) is 11.8 Å². The fourth-order valence-electron chi connectivity index (χ4n) is 2.98. The van der Waals surface area contributed by atoms with Crippen LogP contribution in [0, 0.1) is 0 Å². The molecule has 0 saturated heterocycles. The number of rotatable bonds is 6. The number of pyridine rings is 2. The average Bonchev–Trinajstić information content (AvgIpc) is 2.65. The van der Waals surface area contributed by atoms with E-state index in [1.54, 1.807) is 35.2 Å². The van der Waals surface area contributed by atoms with Gasteiger partial charge in [-0.05, 0) is 47.2 Å². The zero-order valence-corrected chi connectivity index (χ0v) is 14.6. The van der Waals surface area contributed by atoms with Crippen LogP contribution < -0.4 is 5.56 Å². The third-order valence-electron chi connectivity index (χ3n) is 4.34. The predicted molar refractivity (Wildman–Crippen MR) is 99.6 cm³/mol. The molecule has 0 radical (unpaired) electrons. The Morgan fingerprint density at radius 3 is 2.65 bits per heavy atom. The van der Waals surface area contributed by atoms with E-state index in [4.69, 9.17) is 5.11 Å². The zero-order chi connectivity index (χ0) is 18.5. The standard InChI is InChI=1S/C21H20N2O3/c1-2-17-10-15(9-16-11-19(21(25)26)13-22-12-16)6-7-18(17)14-23-8-4-3-5-20(23)24/h3-8,10-13H,2,9,14H2,1H3,(H,25,26). The lowest BCUT2D eigenvalue weighted by molar-refractivity contribution is 0.0696. The van der Waals surface area contributed by atoms with Gasteiger partial charge in [-0.2, -0.15) is 0 Å². The summed E-state index contributed by atoms with van der Waals surface area (Å²) in [5, 5.41) is 9.09.